The minimum absolute atomic E-state index is 0.0879. The lowest BCUT2D eigenvalue weighted by molar-refractivity contribution is -0.138. The average Bonchev–Trinajstić information content (AvgIpc) is 2.92. The Kier molecular flexibility index (Phi) is 8.22. The number of carbonyl (C=O) groups is 1. The van der Waals surface area contributed by atoms with Gasteiger partial charge >= 0.3 is 0 Å². The van der Waals surface area contributed by atoms with Crippen LogP contribution in [0.15, 0.2) is 11.8 Å². The molecule has 1 amide bonds. The second-order valence-corrected chi connectivity index (χ2v) is 5.99. The van der Waals surface area contributed by atoms with Crippen molar-refractivity contribution < 1.29 is 9.53 Å². The predicted octanol–water partition coefficient (Wildman–Crippen LogP) is 2.85. The molecule has 0 radical (unpaired) electrons. The molecule has 120 valence electrons. The summed E-state index contributed by atoms with van der Waals surface area (Å²) >= 11 is 11.2. The molecule has 2 atom stereocenters. The predicted molar refractivity (Wildman–Crippen MR) is 90.7 cm³/mol. The highest BCUT2D eigenvalue weighted by Crippen LogP contribution is 2.15. The first-order chi connectivity index (χ1) is 10.0. The molecule has 1 aliphatic heterocycles. The molecule has 0 aromatic rings. The third-order valence-electron chi connectivity index (χ3n) is 3.56. The molecule has 0 spiro atoms. The van der Waals surface area contributed by atoms with Crippen molar-refractivity contribution in [3.05, 3.63) is 11.8 Å². The van der Waals surface area contributed by atoms with E-state index in [2.05, 4.69) is 12.2 Å². The molecule has 1 heterocycles. The van der Waals surface area contributed by atoms with Crippen molar-refractivity contribution >= 4 is 34.6 Å². The number of rotatable bonds is 8. The van der Waals surface area contributed by atoms with Gasteiger partial charge in [-0.3, -0.25) is 4.79 Å². The number of amides is 1. The van der Waals surface area contributed by atoms with Crippen LogP contribution in [-0.4, -0.2) is 47.5 Å². The minimum atomic E-state index is -0.452. The number of hydrogen-bond donors (Lipinski definition) is 1. The van der Waals surface area contributed by atoms with Crippen LogP contribution in [-0.2, 0) is 9.53 Å². The zero-order valence-corrected chi connectivity index (χ0v) is 14.6. The van der Waals surface area contributed by atoms with Crippen molar-refractivity contribution in [2.75, 3.05) is 19.5 Å². The molecule has 1 unspecified atom stereocenters. The van der Waals surface area contributed by atoms with E-state index in [-0.39, 0.29) is 11.8 Å². The SMILES string of the molecule is CC=C(CCCC)N[C@@H](CCl)C(=O)N(C)C1OCCC1=S. The lowest BCUT2D eigenvalue weighted by atomic mass is 10.1. The molecule has 1 aliphatic rings. The van der Waals surface area contributed by atoms with Gasteiger partial charge in [-0.2, -0.15) is 0 Å². The van der Waals surface area contributed by atoms with Crippen molar-refractivity contribution in [3.63, 3.8) is 0 Å². The monoisotopic (exact) mass is 332 g/mol. The maximum Gasteiger partial charge on any atom is 0.248 e. The molecule has 1 fully saturated rings. The minimum Gasteiger partial charge on any atom is -0.376 e. The fourth-order valence-corrected chi connectivity index (χ4v) is 2.75. The van der Waals surface area contributed by atoms with Crippen molar-refractivity contribution in [1.29, 1.82) is 0 Å². The molecular formula is C15H25ClN2O2S. The highest BCUT2D eigenvalue weighted by Gasteiger charge is 2.32. The first-order valence-electron chi connectivity index (χ1n) is 7.43. The second-order valence-electron chi connectivity index (χ2n) is 5.16. The van der Waals surface area contributed by atoms with Gasteiger partial charge in [0, 0.05) is 24.0 Å². The van der Waals surface area contributed by atoms with Crippen LogP contribution in [0, 0.1) is 0 Å². The van der Waals surface area contributed by atoms with Crippen LogP contribution in [0.5, 0.6) is 0 Å². The number of alkyl halides is 1. The summed E-state index contributed by atoms with van der Waals surface area (Å²) in [5.74, 6) is 0.127. The summed E-state index contributed by atoms with van der Waals surface area (Å²) in [7, 11) is 1.72. The Morgan fingerprint density at radius 2 is 2.38 bits per heavy atom. The first kappa shape index (κ1) is 18.4. The summed E-state index contributed by atoms with van der Waals surface area (Å²) in [6, 6.07) is -0.452. The van der Waals surface area contributed by atoms with E-state index in [0.717, 1.165) is 36.2 Å². The summed E-state index contributed by atoms with van der Waals surface area (Å²) in [6.07, 6.45) is 5.46. The van der Waals surface area contributed by atoms with Gasteiger partial charge in [-0.05, 0) is 19.8 Å². The van der Waals surface area contributed by atoms with Gasteiger partial charge in [-0.15, -0.1) is 11.6 Å². The van der Waals surface area contributed by atoms with Gasteiger partial charge in [0.1, 0.15) is 6.04 Å². The van der Waals surface area contributed by atoms with Crippen LogP contribution in [0.4, 0.5) is 0 Å². The maximum atomic E-state index is 12.5. The molecule has 0 aromatic heterocycles. The molecule has 1 rings (SSSR count). The van der Waals surface area contributed by atoms with E-state index in [1.165, 1.54) is 0 Å². The molecule has 0 saturated carbocycles. The van der Waals surface area contributed by atoms with Gasteiger partial charge in [0.2, 0.25) is 5.91 Å². The molecule has 1 N–H and O–H groups in total. The largest absolute Gasteiger partial charge is 0.376 e. The average molecular weight is 333 g/mol. The number of nitrogens with one attached hydrogen (secondary N) is 1. The van der Waals surface area contributed by atoms with Gasteiger partial charge in [0.25, 0.3) is 0 Å². The Morgan fingerprint density at radius 1 is 1.67 bits per heavy atom. The fraction of sp³-hybridized carbons (Fsp3) is 0.733. The van der Waals surface area contributed by atoms with E-state index in [0.29, 0.717) is 6.61 Å². The highest BCUT2D eigenvalue weighted by molar-refractivity contribution is 7.80. The molecule has 1 saturated heterocycles. The number of halogens is 1. The zero-order valence-electron chi connectivity index (χ0n) is 13.0. The van der Waals surface area contributed by atoms with Crippen molar-refractivity contribution in [2.24, 2.45) is 0 Å². The lowest BCUT2D eigenvalue weighted by Gasteiger charge is -2.28. The van der Waals surface area contributed by atoms with Crippen LogP contribution < -0.4 is 5.32 Å². The quantitative estimate of drug-likeness (QED) is 0.548. The Labute approximate surface area is 137 Å². The van der Waals surface area contributed by atoms with Crippen LogP contribution in [0.3, 0.4) is 0 Å². The Hall–Kier alpha value is -0.650. The van der Waals surface area contributed by atoms with Gasteiger partial charge in [-0.25, -0.2) is 0 Å². The molecule has 4 nitrogen and oxygen atoms in total. The van der Waals surface area contributed by atoms with Gasteiger partial charge in [0.05, 0.1) is 12.5 Å². The molecule has 0 bridgehead atoms. The van der Waals surface area contributed by atoms with E-state index in [9.17, 15) is 4.79 Å². The number of hydrogen-bond acceptors (Lipinski definition) is 4. The Morgan fingerprint density at radius 3 is 2.86 bits per heavy atom. The highest BCUT2D eigenvalue weighted by atomic mass is 35.5. The smallest absolute Gasteiger partial charge is 0.248 e. The number of nitrogens with zero attached hydrogens (tertiary/aromatic N) is 1. The molecule has 21 heavy (non-hydrogen) atoms. The van der Waals surface area contributed by atoms with Gasteiger partial charge < -0.3 is 15.0 Å². The van der Waals surface area contributed by atoms with Crippen LogP contribution in [0.25, 0.3) is 0 Å². The molecule has 0 aromatic carbocycles. The summed E-state index contributed by atoms with van der Waals surface area (Å²) in [5.41, 5.74) is 1.05. The number of ether oxygens (including phenoxy) is 1. The third kappa shape index (κ3) is 5.24. The van der Waals surface area contributed by atoms with Crippen molar-refractivity contribution in [3.8, 4) is 0 Å². The first-order valence-corrected chi connectivity index (χ1v) is 8.38. The van der Waals surface area contributed by atoms with Crippen molar-refractivity contribution in [1.82, 2.24) is 10.2 Å². The van der Waals surface area contributed by atoms with E-state index >= 15 is 0 Å². The van der Waals surface area contributed by atoms with Crippen LogP contribution in [0.2, 0.25) is 0 Å². The molecule has 0 aliphatic carbocycles. The lowest BCUT2D eigenvalue weighted by Crippen LogP contribution is -2.50. The van der Waals surface area contributed by atoms with Gasteiger partial charge in [-0.1, -0.05) is 31.6 Å². The van der Waals surface area contributed by atoms with Crippen LogP contribution in [0.1, 0.15) is 39.5 Å². The van der Waals surface area contributed by atoms with E-state index in [4.69, 9.17) is 28.6 Å². The molecule has 6 heteroatoms. The number of carbonyl (C=O) groups excluding carboxylic acids is 1. The molecular weight excluding hydrogens is 308 g/mol. The van der Waals surface area contributed by atoms with E-state index < -0.39 is 12.3 Å². The van der Waals surface area contributed by atoms with E-state index in [1.807, 2.05) is 13.0 Å². The summed E-state index contributed by atoms with van der Waals surface area (Å²) in [6.45, 7) is 4.69. The third-order valence-corrected chi connectivity index (χ3v) is 4.27. The fourth-order valence-electron chi connectivity index (χ4n) is 2.23. The zero-order chi connectivity index (χ0) is 15.8. The number of allylic oxidation sites excluding steroid dienone is 2. The number of unbranched alkanes of at least 4 members (excludes halogenated alkanes) is 1. The Bertz CT molecular complexity index is 401. The summed E-state index contributed by atoms with van der Waals surface area (Å²) in [4.78, 5) is 14.9. The second kappa shape index (κ2) is 9.38. The van der Waals surface area contributed by atoms with Gasteiger partial charge in [0.15, 0.2) is 6.23 Å². The normalized spacial score (nSPS) is 20.5. The van der Waals surface area contributed by atoms with Crippen LogP contribution >= 0.6 is 23.8 Å². The number of likely N-dealkylation sites (N-methyl/N-ethyl adjacent to an activating group) is 1. The summed E-state index contributed by atoms with van der Waals surface area (Å²) in [5, 5.41) is 3.25. The maximum absolute atomic E-state index is 12.5. The Balaban J connectivity index is 2.65. The number of thiocarbonyl (C=S) groups is 1. The standard InChI is InChI=1S/C15H25ClN2O2S/c1-4-6-7-11(5-2)17-12(10-16)14(19)18(3)15-13(21)8-9-20-15/h5,12,15,17H,4,6-10H2,1-3H3/t12-,15?/m0/s1. The topological polar surface area (TPSA) is 41.6 Å². The van der Waals surface area contributed by atoms with Crippen molar-refractivity contribution in [2.45, 2.75) is 51.8 Å². The summed E-state index contributed by atoms with van der Waals surface area (Å²) < 4.78 is 5.52. The van der Waals surface area contributed by atoms with E-state index in [1.54, 1.807) is 11.9 Å².